The molecule has 0 aliphatic heterocycles. The van der Waals surface area contributed by atoms with Gasteiger partial charge in [0.1, 0.15) is 0 Å². The van der Waals surface area contributed by atoms with Crippen LogP contribution >= 0.6 is 11.6 Å². The van der Waals surface area contributed by atoms with E-state index in [1.54, 1.807) is 17.1 Å². The molecule has 0 spiro atoms. The predicted octanol–water partition coefficient (Wildman–Crippen LogP) is 3.50. The van der Waals surface area contributed by atoms with Crippen molar-refractivity contribution < 1.29 is 4.79 Å². The van der Waals surface area contributed by atoms with Crippen molar-refractivity contribution >= 4 is 23.2 Å². The molecule has 0 unspecified atom stereocenters. The SMILES string of the molecule is Cc1cc(C)n(-c2ncc(NC(=O)CCc3cccc(Cl)c3)cn2)n1. The van der Waals surface area contributed by atoms with Gasteiger partial charge in [0.05, 0.1) is 23.8 Å². The molecule has 0 saturated carbocycles. The number of aromatic nitrogens is 4. The molecule has 0 fully saturated rings. The lowest BCUT2D eigenvalue weighted by Crippen LogP contribution is -2.13. The molecule has 128 valence electrons. The van der Waals surface area contributed by atoms with Crippen molar-refractivity contribution in [2.45, 2.75) is 26.7 Å². The third-order valence-electron chi connectivity index (χ3n) is 3.65. The van der Waals surface area contributed by atoms with Crippen LogP contribution in [0.25, 0.3) is 5.95 Å². The Balaban J connectivity index is 1.59. The summed E-state index contributed by atoms with van der Waals surface area (Å²) in [6.07, 6.45) is 4.14. The minimum Gasteiger partial charge on any atom is -0.323 e. The van der Waals surface area contributed by atoms with Crippen molar-refractivity contribution in [3.8, 4) is 5.95 Å². The number of amides is 1. The van der Waals surface area contributed by atoms with Gasteiger partial charge >= 0.3 is 0 Å². The van der Waals surface area contributed by atoms with Gasteiger partial charge in [0.25, 0.3) is 5.95 Å². The number of aryl methyl sites for hydroxylation is 3. The molecule has 6 nitrogen and oxygen atoms in total. The molecule has 1 aromatic carbocycles. The second-order valence-electron chi connectivity index (χ2n) is 5.79. The maximum atomic E-state index is 12.1. The maximum absolute atomic E-state index is 12.1. The number of halogens is 1. The first kappa shape index (κ1) is 17.1. The zero-order valence-corrected chi connectivity index (χ0v) is 14.8. The topological polar surface area (TPSA) is 72.7 Å². The monoisotopic (exact) mass is 355 g/mol. The molecular formula is C18H18ClN5O. The molecule has 0 radical (unpaired) electrons. The number of nitrogens with zero attached hydrogens (tertiary/aromatic N) is 4. The molecule has 2 heterocycles. The van der Waals surface area contributed by atoms with E-state index >= 15 is 0 Å². The van der Waals surface area contributed by atoms with Gasteiger partial charge in [-0.2, -0.15) is 5.10 Å². The van der Waals surface area contributed by atoms with Crippen molar-refractivity contribution in [2.24, 2.45) is 0 Å². The van der Waals surface area contributed by atoms with E-state index in [-0.39, 0.29) is 5.91 Å². The number of carbonyl (C=O) groups is 1. The van der Waals surface area contributed by atoms with Crippen molar-refractivity contribution in [1.82, 2.24) is 19.7 Å². The second kappa shape index (κ2) is 7.44. The summed E-state index contributed by atoms with van der Waals surface area (Å²) in [7, 11) is 0. The maximum Gasteiger partial charge on any atom is 0.250 e. The van der Waals surface area contributed by atoms with Crippen LogP contribution in [0.1, 0.15) is 23.4 Å². The summed E-state index contributed by atoms with van der Waals surface area (Å²) in [4.78, 5) is 20.6. The number of carbonyl (C=O) groups excluding carboxylic acids is 1. The van der Waals surface area contributed by atoms with Gasteiger partial charge in [-0.3, -0.25) is 4.79 Å². The molecule has 3 rings (SSSR count). The fourth-order valence-corrected chi connectivity index (χ4v) is 2.71. The van der Waals surface area contributed by atoms with Crippen molar-refractivity contribution in [3.05, 3.63) is 64.7 Å². The van der Waals surface area contributed by atoms with Gasteiger partial charge in [-0.1, -0.05) is 23.7 Å². The molecule has 0 aliphatic rings. The van der Waals surface area contributed by atoms with Gasteiger partial charge in [-0.25, -0.2) is 14.6 Å². The number of rotatable bonds is 5. The third-order valence-corrected chi connectivity index (χ3v) is 3.89. The molecule has 7 heteroatoms. The smallest absolute Gasteiger partial charge is 0.250 e. The van der Waals surface area contributed by atoms with Gasteiger partial charge in [-0.05, 0) is 44.0 Å². The molecule has 3 aromatic rings. The van der Waals surface area contributed by atoms with Crippen LogP contribution in [0.5, 0.6) is 0 Å². The Kier molecular flexibility index (Phi) is 5.09. The van der Waals surface area contributed by atoms with Gasteiger partial charge in [0.15, 0.2) is 0 Å². The predicted molar refractivity (Wildman–Crippen MR) is 97.0 cm³/mol. The summed E-state index contributed by atoms with van der Waals surface area (Å²) in [5, 5.41) is 7.81. The van der Waals surface area contributed by atoms with Crippen LogP contribution in [-0.2, 0) is 11.2 Å². The summed E-state index contributed by atoms with van der Waals surface area (Å²) >= 11 is 5.94. The summed E-state index contributed by atoms with van der Waals surface area (Å²) in [5.41, 5.74) is 3.44. The van der Waals surface area contributed by atoms with Crippen LogP contribution in [0, 0.1) is 13.8 Å². The quantitative estimate of drug-likeness (QED) is 0.760. The molecule has 0 saturated heterocycles. The van der Waals surface area contributed by atoms with E-state index < -0.39 is 0 Å². The Morgan fingerprint density at radius 3 is 2.60 bits per heavy atom. The molecule has 25 heavy (non-hydrogen) atoms. The first-order valence-electron chi connectivity index (χ1n) is 7.91. The van der Waals surface area contributed by atoms with Crippen LogP contribution in [0.15, 0.2) is 42.7 Å². The highest BCUT2D eigenvalue weighted by Gasteiger charge is 2.08. The van der Waals surface area contributed by atoms with E-state index in [9.17, 15) is 4.79 Å². The van der Waals surface area contributed by atoms with Crippen molar-refractivity contribution in [2.75, 3.05) is 5.32 Å². The Labute approximate surface area is 150 Å². The average Bonchev–Trinajstić information content (AvgIpc) is 2.92. The fraction of sp³-hybridized carbons (Fsp3) is 0.222. The zero-order chi connectivity index (χ0) is 17.8. The van der Waals surface area contributed by atoms with Crippen molar-refractivity contribution in [3.63, 3.8) is 0 Å². The highest BCUT2D eigenvalue weighted by molar-refractivity contribution is 6.30. The highest BCUT2D eigenvalue weighted by atomic mass is 35.5. The zero-order valence-electron chi connectivity index (χ0n) is 14.0. The van der Waals surface area contributed by atoms with Crippen LogP contribution in [0.3, 0.4) is 0 Å². The minimum absolute atomic E-state index is 0.0950. The number of nitrogens with one attached hydrogen (secondary N) is 1. The van der Waals surface area contributed by atoms with Crippen LogP contribution < -0.4 is 5.32 Å². The van der Waals surface area contributed by atoms with Crippen LogP contribution in [0.2, 0.25) is 5.02 Å². The van der Waals surface area contributed by atoms with E-state index in [1.807, 2.05) is 44.2 Å². The lowest BCUT2D eigenvalue weighted by molar-refractivity contribution is -0.116. The van der Waals surface area contributed by atoms with Crippen LogP contribution in [-0.4, -0.2) is 25.7 Å². The first-order valence-corrected chi connectivity index (χ1v) is 8.29. The molecule has 0 atom stereocenters. The standard InChI is InChI=1S/C18H18ClN5O/c1-12-8-13(2)24(23-12)18-20-10-16(11-21-18)22-17(25)7-6-14-4-3-5-15(19)9-14/h3-5,8-11H,6-7H2,1-2H3,(H,22,25). The lowest BCUT2D eigenvalue weighted by Gasteiger charge is -2.06. The first-order chi connectivity index (χ1) is 12.0. The molecule has 0 bridgehead atoms. The lowest BCUT2D eigenvalue weighted by atomic mass is 10.1. The van der Waals surface area contributed by atoms with E-state index in [0.29, 0.717) is 29.5 Å². The second-order valence-corrected chi connectivity index (χ2v) is 6.23. The Hall–Kier alpha value is -2.73. The fourth-order valence-electron chi connectivity index (χ4n) is 2.50. The van der Waals surface area contributed by atoms with Gasteiger partial charge in [-0.15, -0.1) is 0 Å². The number of benzene rings is 1. The highest BCUT2D eigenvalue weighted by Crippen LogP contribution is 2.13. The number of hydrogen-bond acceptors (Lipinski definition) is 4. The number of hydrogen-bond donors (Lipinski definition) is 1. The van der Waals surface area contributed by atoms with E-state index in [4.69, 9.17) is 11.6 Å². The molecular weight excluding hydrogens is 338 g/mol. The summed E-state index contributed by atoms with van der Waals surface area (Å²) in [6.45, 7) is 3.85. The van der Waals surface area contributed by atoms with Crippen LogP contribution in [0.4, 0.5) is 5.69 Å². The third kappa shape index (κ3) is 4.42. The summed E-state index contributed by atoms with van der Waals surface area (Å²) in [6, 6.07) is 9.45. The normalized spacial score (nSPS) is 10.7. The van der Waals surface area contributed by atoms with Gasteiger partial charge < -0.3 is 5.32 Å². The molecule has 1 N–H and O–H groups in total. The molecule has 2 aromatic heterocycles. The van der Waals surface area contributed by atoms with E-state index in [2.05, 4.69) is 20.4 Å². The Morgan fingerprint density at radius 2 is 1.96 bits per heavy atom. The Morgan fingerprint density at radius 1 is 1.20 bits per heavy atom. The minimum atomic E-state index is -0.0950. The van der Waals surface area contributed by atoms with Gasteiger partial charge in [0.2, 0.25) is 5.91 Å². The molecule has 1 amide bonds. The average molecular weight is 356 g/mol. The van der Waals surface area contributed by atoms with Gasteiger partial charge in [0, 0.05) is 17.1 Å². The largest absolute Gasteiger partial charge is 0.323 e. The molecule has 0 aliphatic carbocycles. The Bertz CT molecular complexity index is 889. The van der Waals surface area contributed by atoms with Crippen molar-refractivity contribution in [1.29, 1.82) is 0 Å². The van der Waals surface area contributed by atoms with E-state index in [1.165, 1.54) is 0 Å². The summed E-state index contributed by atoms with van der Waals surface area (Å²) in [5.74, 6) is 0.380. The number of anilines is 1. The summed E-state index contributed by atoms with van der Waals surface area (Å²) < 4.78 is 1.67. The van der Waals surface area contributed by atoms with E-state index in [0.717, 1.165) is 17.0 Å².